The molecule has 112 valence electrons. The van der Waals surface area contributed by atoms with E-state index in [0.29, 0.717) is 11.8 Å². The van der Waals surface area contributed by atoms with Gasteiger partial charge in [0.15, 0.2) is 0 Å². The maximum absolute atomic E-state index is 5.84. The molecule has 1 atom stereocenters. The molecule has 1 unspecified atom stereocenters. The summed E-state index contributed by atoms with van der Waals surface area (Å²) in [5.41, 5.74) is 1.33. The van der Waals surface area contributed by atoms with Gasteiger partial charge in [-0.2, -0.15) is 4.98 Å². The predicted molar refractivity (Wildman–Crippen MR) is 89.0 cm³/mol. The minimum absolute atomic E-state index is 0.262. The van der Waals surface area contributed by atoms with Crippen LogP contribution in [0.5, 0.6) is 11.6 Å². The van der Waals surface area contributed by atoms with Crippen LogP contribution in [0.15, 0.2) is 34.9 Å². The van der Waals surface area contributed by atoms with Crippen LogP contribution in [-0.2, 0) is 0 Å². The Morgan fingerprint density at radius 1 is 1.10 bits per heavy atom. The lowest BCUT2D eigenvalue weighted by atomic mass is 9.99. The summed E-state index contributed by atoms with van der Waals surface area (Å²) in [6.07, 6.45) is 1.14. The van der Waals surface area contributed by atoms with Crippen molar-refractivity contribution in [3.05, 3.63) is 46.3 Å². The monoisotopic (exact) mass is 348 g/mol. The second-order valence-corrected chi connectivity index (χ2v) is 6.33. The Balaban J connectivity index is 2.18. The maximum atomic E-state index is 5.84. The number of hydrogen-bond donors (Lipinski definition) is 0. The Kier molecular flexibility index (Phi) is 5.34. The van der Waals surface area contributed by atoms with Crippen molar-refractivity contribution in [1.82, 2.24) is 9.97 Å². The number of ether oxygens (including phenoxy) is 1. The third-order valence-electron chi connectivity index (χ3n) is 3.49. The minimum Gasteiger partial charge on any atom is -0.439 e. The number of benzene rings is 1. The summed E-state index contributed by atoms with van der Waals surface area (Å²) < 4.78 is 6.58. The lowest BCUT2D eigenvalue weighted by Crippen LogP contribution is -2.00. The summed E-state index contributed by atoms with van der Waals surface area (Å²) in [5.74, 6) is 2.97. The Hall–Kier alpha value is -1.42. The van der Waals surface area contributed by atoms with E-state index in [9.17, 15) is 0 Å². The minimum atomic E-state index is 0.262. The fourth-order valence-corrected chi connectivity index (χ4v) is 2.32. The van der Waals surface area contributed by atoms with Gasteiger partial charge in [-0.25, -0.2) is 4.98 Å². The van der Waals surface area contributed by atoms with Crippen molar-refractivity contribution in [3.63, 3.8) is 0 Å². The van der Waals surface area contributed by atoms with Gasteiger partial charge in [0.05, 0.1) is 0 Å². The van der Waals surface area contributed by atoms with Crippen molar-refractivity contribution in [1.29, 1.82) is 0 Å². The van der Waals surface area contributed by atoms with E-state index in [1.807, 2.05) is 12.1 Å². The number of halogens is 1. The molecule has 4 heteroatoms. The van der Waals surface area contributed by atoms with Gasteiger partial charge in [-0.1, -0.05) is 39.8 Å². The van der Waals surface area contributed by atoms with Gasteiger partial charge in [0.1, 0.15) is 16.2 Å². The van der Waals surface area contributed by atoms with Crippen LogP contribution in [-0.4, -0.2) is 9.97 Å². The average Bonchev–Trinajstić information content (AvgIpc) is 2.46. The van der Waals surface area contributed by atoms with Crippen LogP contribution in [0.3, 0.4) is 0 Å². The van der Waals surface area contributed by atoms with Crippen LogP contribution >= 0.6 is 15.9 Å². The second-order valence-electron chi connectivity index (χ2n) is 5.52. The van der Waals surface area contributed by atoms with E-state index in [0.717, 1.165) is 22.6 Å². The Morgan fingerprint density at radius 3 is 2.33 bits per heavy atom. The summed E-state index contributed by atoms with van der Waals surface area (Å²) in [5, 5.41) is 0. The van der Waals surface area contributed by atoms with Gasteiger partial charge >= 0.3 is 0 Å². The third kappa shape index (κ3) is 4.27. The maximum Gasteiger partial charge on any atom is 0.223 e. The molecule has 2 rings (SSSR count). The highest BCUT2D eigenvalue weighted by atomic mass is 79.9. The summed E-state index contributed by atoms with van der Waals surface area (Å²) >= 11 is 3.40. The van der Waals surface area contributed by atoms with E-state index in [2.05, 4.69) is 65.7 Å². The van der Waals surface area contributed by atoms with E-state index < -0.39 is 0 Å². The van der Waals surface area contributed by atoms with Gasteiger partial charge in [-0.15, -0.1) is 0 Å². The number of nitrogens with zero attached hydrogens (tertiary/aromatic N) is 2. The summed E-state index contributed by atoms with van der Waals surface area (Å²) in [4.78, 5) is 8.79. The van der Waals surface area contributed by atoms with Crippen LogP contribution in [0, 0.1) is 0 Å². The van der Waals surface area contributed by atoms with E-state index in [1.165, 1.54) is 5.56 Å². The predicted octanol–water partition coefficient (Wildman–Crippen LogP) is 5.67. The lowest BCUT2D eigenvalue weighted by molar-refractivity contribution is 0.455. The molecule has 0 radical (unpaired) electrons. The summed E-state index contributed by atoms with van der Waals surface area (Å²) in [7, 11) is 0. The van der Waals surface area contributed by atoms with E-state index in [-0.39, 0.29) is 5.92 Å². The normalized spacial score (nSPS) is 12.5. The molecule has 2 aromatic rings. The molecule has 3 nitrogen and oxygen atoms in total. The molecule has 1 aromatic carbocycles. The number of aromatic nitrogens is 2. The van der Waals surface area contributed by atoms with Gasteiger partial charge in [0.25, 0.3) is 0 Å². The van der Waals surface area contributed by atoms with Crippen LogP contribution in [0.2, 0.25) is 0 Å². The molecule has 0 saturated heterocycles. The molecule has 0 N–H and O–H groups in total. The SMILES string of the molecule is CCC(C)c1ccc(Oc2cc(Br)nc(C(C)C)n2)cc1. The molecular weight excluding hydrogens is 328 g/mol. The zero-order valence-electron chi connectivity index (χ0n) is 12.9. The molecule has 0 saturated carbocycles. The van der Waals surface area contributed by atoms with Crippen molar-refractivity contribution >= 4 is 15.9 Å². The fraction of sp³-hybridized carbons (Fsp3) is 0.412. The number of hydrogen-bond acceptors (Lipinski definition) is 3. The molecule has 21 heavy (non-hydrogen) atoms. The molecule has 0 aliphatic heterocycles. The van der Waals surface area contributed by atoms with Crippen LogP contribution < -0.4 is 4.74 Å². The molecular formula is C17H21BrN2O. The zero-order chi connectivity index (χ0) is 15.4. The average molecular weight is 349 g/mol. The van der Waals surface area contributed by atoms with Gasteiger partial charge in [0.2, 0.25) is 5.88 Å². The quantitative estimate of drug-likeness (QED) is 0.653. The molecule has 0 fully saturated rings. The Labute approximate surface area is 134 Å². The number of rotatable bonds is 5. The third-order valence-corrected chi connectivity index (χ3v) is 3.90. The van der Waals surface area contributed by atoms with Crippen molar-refractivity contribution in [2.75, 3.05) is 0 Å². The van der Waals surface area contributed by atoms with Crippen molar-refractivity contribution < 1.29 is 4.74 Å². The van der Waals surface area contributed by atoms with Crippen LogP contribution in [0.4, 0.5) is 0 Å². The highest BCUT2D eigenvalue weighted by Crippen LogP contribution is 2.26. The molecule has 1 aromatic heterocycles. The molecule has 0 aliphatic rings. The lowest BCUT2D eigenvalue weighted by Gasteiger charge is -2.11. The van der Waals surface area contributed by atoms with Gasteiger partial charge in [0, 0.05) is 12.0 Å². The smallest absolute Gasteiger partial charge is 0.223 e. The molecule has 0 amide bonds. The van der Waals surface area contributed by atoms with E-state index in [1.54, 1.807) is 6.07 Å². The second kappa shape index (κ2) is 7.03. The van der Waals surface area contributed by atoms with E-state index >= 15 is 0 Å². The van der Waals surface area contributed by atoms with E-state index in [4.69, 9.17) is 4.74 Å². The first kappa shape index (κ1) is 16.0. The summed E-state index contributed by atoms with van der Waals surface area (Å²) in [6.45, 7) is 8.55. The van der Waals surface area contributed by atoms with Gasteiger partial charge < -0.3 is 4.74 Å². The van der Waals surface area contributed by atoms with Gasteiger partial charge in [-0.05, 0) is 46.0 Å². The Bertz CT molecular complexity index is 596. The first-order valence-electron chi connectivity index (χ1n) is 7.32. The van der Waals surface area contributed by atoms with Crippen molar-refractivity contribution in [2.24, 2.45) is 0 Å². The van der Waals surface area contributed by atoms with Crippen LogP contribution in [0.25, 0.3) is 0 Å². The van der Waals surface area contributed by atoms with Crippen molar-refractivity contribution in [3.8, 4) is 11.6 Å². The fourth-order valence-electron chi connectivity index (χ4n) is 1.95. The Morgan fingerprint density at radius 2 is 1.76 bits per heavy atom. The highest BCUT2D eigenvalue weighted by Gasteiger charge is 2.09. The standard InChI is InChI=1S/C17H21BrN2O/c1-5-12(4)13-6-8-14(9-7-13)21-16-10-15(18)19-17(20-16)11(2)3/h6-12H,5H2,1-4H3. The van der Waals surface area contributed by atoms with Crippen LogP contribution in [0.1, 0.15) is 57.3 Å². The zero-order valence-corrected chi connectivity index (χ0v) is 14.5. The first-order chi connectivity index (χ1) is 9.99. The van der Waals surface area contributed by atoms with Gasteiger partial charge in [-0.3, -0.25) is 0 Å². The van der Waals surface area contributed by atoms with Crippen molar-refractivity contribution in [2.45, 2.75) is 46.0 Å². The molecule has 0 aliphatic carbocycles. The topological polar surface area (TPSA) is 35.0 Å². The molecule has 1 heterocycles. The molecule has 0 bridgehead atoms. The highest BCUT2D eigenvalue weighted by molar-refractivity contribution is 9.10. The summed E-state index contributed by atoms with van der Waals surface area (Å²) in [6, 6.07) is 10.00. The molecule has 0 spiro atoms. The largest absolute Gasteiger partial charge is 0.439 e. The first-order valence-corrected chi connectivity index (χ1v) is 8.11.